The van der Waals surface area contributed by atoms with Gasteiger partial charge in [0.2, 0.25) is 6.79 Å². The second-order valence-corrected chi connectivity index (χ2v) is 6.46. The fourth-order valence-corrected chi connectivity index (χ4v) is 3.45. The smallest absolute Gasteiger partial charge is 0.267 e. The summed E-state index contributed by atoms with van der Waals surface area (Å²) in [5.41, 5.74) is 2.02. The van der Waals surface area contributed by atoms with Crippen molar-refractivity contribution < 1.29 is 18.7 Å². The molecule has 0 atom stereocenters. The summed E-state index contributed by atoms with van der Waals surface area (Å²) in [6.45, 7) is 1.96. The lowest BCUT2D eigenvalue weighted by Gasteiger charge is -2.05. The van der Waals surface area contributed by atoms with Gasteiger partial charge in [-0.15, -0.1) is 11.3 Å². The van der Waals surface area contributed by atoms with Gasteiger partial charge in [0.05, 0.1) is 5.69 Å². The molecular formula is C18H13FN2O3S. The number of hydrogen-bond donors (Lipinski definition) is 1. The van der Waals surface area contributed by atoms with Gasteiger partial charge in [-0.05, 0) is 43.3 Å². The summed E-state index contributed by atoms with van der Waals surface area (Å²) in [4.78, 5) is 17.5. The van der Waals surface area contributed by atoms with E-state index in [1.807, 2.05) is 0 Å². The lowest BCUT2D eigenvalue weighted by atomic mass is 10.2. The summed E-state index contributed by atoms with van der Waals surface area (Å²) >= 11 is 1.27. The molecule has 0 saturated carbocycles. The summed E-state index contributed by atoms with van der Waals surface area (Å²) in [5, 5.41) is 3.51. The van der Waals surface area contributed by atoms with E-state index in [9.17, 15) is 9.18 Å². The number of fused-ring (bicyclic) bond motifs is 1. The van der Waals surface area contributed by atoms with Crippen LogP contribution in [0.1, 0.15) is 15.4 Å². The number of aryl methyl sites for hydroxylation is 1. The molecule has 3 aromatic rings. The van der Waals surface area contributed by atoms with Crippen LogP contribution in [0.4, 0.5) is 10.1 Å². The average molecular weight is 356 g/mol. The lowest BCUT2D eigenvalue weighted by molar-refractivity contribution is 0.103. The number of anilines is 1. The first-order chi connectivity index (χ1) is 12.1. The number of nitrogens with one attached hydrogen (secondary N) is 1. The molecule has 1 aromatic heterocycles. The quantitative estimate of drug-likeness (QED) is 0.763. The van der Waals surface area contributed by atoms with Gasteiger partial charge in [0.1, 0.15) is 15.7 Å². The normalized spacial score (nSPS) is 12.2. The van der Waals surface area contributed by atoms with E-state index in [1.54, 1.807) is 37.3 Å². The molecule has 2 heterocycles. The van der Waals surface area contributed by atoms with E-state index in [2.05, 4.69) is 10.3 Å². The van der Waals surface area contributed by atoms with Gasteiger partial charge in [-0.1, -0.05) is 0 Å². The van der Waals surface area contributed by atoms with Crippen molar-refractivity contribution in [3.05, 3.63) is 58.9 Å². The highest BCUT2D eigenvalue weighted by Gasteiger charge is 2.18. The number of amides is 1. The van der Waals surface area contributed by atoms with Crippen LogP contribution in [0.25, 0.3) is 10.6 Å². The summed E-state index contributed by atoms with van der Waals surface area (Å²) < 4.78 is 23.6. The molecule has 0 radical (unpaired) electrons. The fraction of sp³-hybridized carbons (Fsp3) is 0.111. The number of aromatic nitrogens is 1. The van der Waals surface area contributed by atoms with Gasteiger partial charge in [0, 0.05) is 17.3 Å². The predicted octanol–water partition coefficient (Wildman–Crippen LogP) is 4.24. The zero-order valence-electron chi connectivity index (χ0n) is 13.2. The van der Waals surface area contributed by atoms with Crippen molar-refractivity contribution in [3.63, 3.8) is 0 Å². The summed E-state index contributed by atoms with van der Waals surface area (Å²) in [7, 11) is 0. The highest BCUT2D eigenvalue weighted by Crippen LogP contribution is 2.35. The number of benzene rings is 2. The molecule has 1 amide bonds. The topological polar surface area (TPSA) is 60.5 Å². The van der Waals surface area contributed by atoms with E-state index < -0.39 is 0 Å². The van der Waals surface area contributed by atoms with Crippen LogP contribution in [0.2, 0.25) is 0 Å². The van der Waals surface area contributed by atoms with Crippen LogP contribution in [0, 0.1) is 12.7 Å². The molecule has 1 aliphatic rings. The Balaban J connectivity index is 1.57. The maximum Gasteiger partial charge on any atom is 0.267 e. The summed E-state index contributed by atoms with van der Waals surface area (Å²) in [6, 6.07) is 11.3. The molecule has 0 unspecified atom stereocenters. The number of rotatable bonds is 3. The molecule has 0 fully saturated rings. The van der Waals surface area contributed by atoms with E-state index in [1.165, 1.54) is 23.5 Å². The highest BCUT2D eigenvalue weighted by atomic mass is 32.1. The Labute approximate surface area is 147 Å². The SMILES string of the molecule is Cc1nc(-c2ccc(F)cc2)sc1C(=O)Nc1ccc2c(c1)OCO2. The van der Waals surface area contributed by atoms with Gasteiger partial charge in [0.15, 0.2) is 11.5 Å². The van der Waals surface area contributed by atoms with E-state index in [0.717, 1.165) is 5.56 Å². The molecule has 126 valence electrons. The van der Waals surface area contributed by atoms with Crippen molar-refractivity contribution in [2.24, 2.45) is 0 Å². The molecule has 1 N–H and O–H groups in total. The van der Waals surface area contributed by atoms with Crippen LogP contribution in [0.15, 0.2) is 42.5 Å². The Morgan fingerprint density at radius 2 is 1.92 bits per heavy atom. The molecule has 4 rings (SSSR count). The minimum atomic E-state index is -0.308. The number of thiazole rings is 1. The molecule has 5 nitrogen and oxygen atoms in total. The zero-order valence-corrected chi connectivity index (χ0v) is 14.0. The van der Waals surface area contributed by atoms with Gasteiger partial charge in [-0.25, -0.2) is 9.37 Å². The van der Waals surface area contributed by atoms with Crippen molar-refractivity contribution in [1.29, 1.82) is 0 Å². The number of halogens is 1. The Bertz CT molecular complexity index is 953. The van der Waals surface area contributed by atoms with Crippen LogP contribution in [-0.2, 0) is 0 Å². The summed E-state index contributed by atoms with van der Waals surface area (Å²) in [5.74, 6) is 0.705. The largest absolute Gasteiger partial charge is 0.454 e. The molecule has 0 aliphatic carbocycles. The Hall–Kier alpha value is -2.93. The van der Waals surface area contributed by atoms with Gasteiger partial charge >= 0.3 is 0 Å². The number of nitrogens with zero attached hydrogens (tertiary/aromatic N) is 1. The average Bonchev–Trinajstić information content (AvgIpc) is 3.21. The van der Waals surface area contributed by atoms with Gasteiger partial charge in [-0.3, -0.25) is 4.79 Å². The van der Waals surface area contributed by atoms with Crippen molar-refractivity contribution in [2.45, 2.75) is 6.92 Å². The third kappa shape index (κ3) is 3.06. The Morgan fingerprint density at radius 3 is 2.72 bits per heavy atom. The second-order valence-electron chi connectivity index (χ2n) is 5.46. The number of hydrogen-bond acceptors (Lipinski definition) is 5. The molecule has 1 aliphatic heterocycles. The molecule has 2 aromatic carbocycles. The first-order valence-electron chi connectivity index (χ1n) is 7.54. The zero-order chi connectivity index (χ0) is 17.4. The lowest BCUT2D eigenvalue weighted by Crippen LogP contribution is -2.11. The molecule has 25 heavy (non-hydrogen) atoms. The summed E-state index contributed by atoms with van der Waals surface area (Å²) in [6.07, 6.45) is 0. The van der Waals surface area contributed by atoms with Crippen LogP contribution in [0.3, 0.4) is 0 Å². The minimum absolute atomic E-state index is 0.182. The second kappa shape index (κ2) is 6.18. The van der Waals surface area contributed by atoms with Gasteiger partial charge < -0.3 is 14.8 Å². The third-order valence-electron chi connectivity index (χ3n) is 3.72. The number of carbonyl (C=O) groups excluding carboxylic acids is 1. The fourth-order valence-electron chi connectivity index (χ4n) is 2.49. The number of carbonyl (C=O) groups is 1. The van der Waals surface area contributed by atoms with Crippen LogP contribution in [0.5, 0.6) is 11.5 Å². The van der Waals surface area contributed by atoms with Gasteiger partial charge in [0.25, 0.3) is 5.91 Å². The monoisotopic (exact) mass is 356 g/mol. The molecule has 0 spiro atoms. The molecule has 0 saturated heterocycles. The minimum Gasteiger partial charge on any atom is -0.454 e. The van der Waals surface area contributed by atoms with E-state index in [4.69, 9.17) is 9.47 Å². The molecule has 0 bridgehead atoms. The van der Waals surface area contributed by atoms with Crippen LogP contribution in [-0.4, -0.2) is 17.7 Å². The third-order valence-corrected chi connectivity index (χ3v) is 4.93. The standard InChI is InChI=1S/C18H13FN2O3S/c1-10-16(25-18(20-10)11-2-4-12(19)5-3-11)17(22)21-13-6-7-14-15(8-13)24-9-23-14/h2-8H,9H2,1H3,(H,21,22). The van der Waals surface area contributed by atoms with Crippen molar-refractivity contribution in [3.8, 4) is 22.1 Å². The van der Waals surface area contributed by atoms with Crippen LogP contribution >= 0.6 is 11.3 Å². The highest BCUT2D eigenvalue weighted by molar-refractivity contribution is 7.17. The Kier molecular flexibility index (Phi) is 3.85. The molecular weight excluding hydrogens is 343 g/mol. The molecule has 7 heteroatoms. The van der Waals surface area contributed by atoms with Crippen molar-refractivity contribution >= 4 is 22.9 Å². The number of ether oxygens (including phenoxy) is 2. The maximum atomic E-state index is 13.1. The Morgan fingerprint density at radius 1 is 1.16 bits per heavy atom. The van der Waals surface area contributed by atoms with Gasteiger partial charge in [-0.2, -0.15) is 0 Å². The van der Waals surface area contributed by atoms with Crippen molar-refractivity contribution in [2.75, 3.05) is 12.1 Å². The van der Waals surface area contributed by atoms with Crippen molar-refractivity contribution in [1.82, 2.24) is 4.98 Å². The van der Waals surface area contributed by atoms with E-state index in [-0.39, 0.29) is 18.5 Å². The first kappa shape index (κ1) is 15.6. The maximum absolute atomic E-state index is 13.1. The predicted molar refractivity (Wildman–Crippen MR) is 92.8 cm³/mol. The first-order valence-corrected chi connectivity index (χ1v) is 8.36. The van der Waals surface area contributed by atoms with Crippen LogP contribution < -0.4 is 14.8 Å². The van der Waals surface area contributed by atoms with E-state index >= 15 is 0 Å². The van der Waals surface area contributed by atoms with E-state index in [0.29, 0.717) is 32.8 Å².